The first-order valence-corrected chi connectivity index (χ1v) is 14.3. The molecule has 0 saturated heterocycles. The fourth-order valence-corrected chi connectivity index (χ4v) is 5.21. The van der Waals surface area contributed by atoms with Crippen molar-refractivity contribution in [1.82, 2.24) is 19.9 Å². The Morgan fingerprint density at radius 2 is 1.90 bits per heavy atom. The highest BCUT2D eigenvalue weighted by molar-refractivity contribution is 7.22. The van der Waals surface area contributed by atoms with Gasteiger partial charge in [0.1, 0.15) is 17.3 Å². The normalized spacial score (nSPS) is 12.5. The maximum Gasteiger partial charge on any atom is 0.315 e. The third-order valence-corrected chi connectivity index (χ3v) is 7.41. The van der Waals surface area contributed by atoms with Crippen LogP contribution in [0.25, 0.3) is 20.8 Å². The highest BCUT2D eigenvalue weighted by Crippen LogP contribution is 2.38. The van der Waals surface area contributed by atoms with E-state index in [0.29, 0.717) is 43.3 Å². The van der Waals surface area contributed by atoms with Crippen LogP contribution in [-0.4, -0.2) is 38.2 Å². The van der Waals surface area contributed by atoms with E-state index in [-0.39, 0.29) is 5.78 Å². The summed E-state index contributed by atoms with van der Waals surface area (Å²) in [5.41, 5.74) is 8.81. The van der Waals surface area contributed by atoms with Gasteiger partial charge in [-0.05, 0) is 55.0 Å². The predicted octanol–water partition coefficient (Wildman–Crippen LogP) is 6.77. The van der Waals surface area contributed by atoms with Gasteiger partial charge in [0.05, 0.1) is 27.0 Å². The second kappa shape index (κ2) is 13.3. The summed E-state index contributed by atoms with van der Waals surface area (Å²) in [4.78, 5) is 39.9. The number of carbonyl (C=O) groups excluding carboxylic acids is 2. The summed E-state index contributed by atoms with van der Waals surface area (Å²) in [6.45, 7) is 7.05. The third-order valence-electron chi connectivity index (χ3n) is 6.25. The summed E-state index contributed by atoms with van der Waals surface area (Å²) in [5, 5.41) is 0. The average Bonchev–Trinajstić information content (AvgIpc) is 3.64. The van der Waals surface area contributed by atoms with Crippen molar-refractivity contribution in [3.63, 3.8) is 0 Å². The van der Waals surface area contributed by atoms with E-state index < -0.39 is 6.03 Å². The molecule has 2 N–H and O–H groups in total. The Kier molecular flexibility index (Phi) is 9.59. The summed E-state index contributed by atoms with van der Waals surface area (Å²) in [6.07, 6.45) is 9.38. The molecule has 8 nitrogen and oxygen atoms in total. The summed E-state index contributed by atoms with van der Waals surface area (Å²) < 4.78 is 7.05. The molecule has 204 valence electrons. The number of nitrogens with two attached hydrogens (primary N) is 1. The van der Waals surface area contributed by atoms with Gasteiger partial charge in [-0.1, -0.05) is 26.8 Å². The predicted molar refractivity (Wildman–Crippen MR) is 155 cm³/mol. The molecule has 4 aromatic heterocycles. The smallest absolute Gasteiger partial charge is 0.315 e. The van der Waals surface area contributed by atoms with Crippen molar-refractivity contribution < 1.29 is 14.3 Å². The zero-order valence-corrected chi connectivity index (χ0v) is 23.5. The number of Topliss-reactive ketones (excluding diaryl/α,β-unsaturated/α-hetero) is 1. The molecule has 9 heteroatoms. The monoisotopic (exact) mass is 545 g/mol. The van der Waals surface area contributed by atoms with E-state index in [1.807, 2.05) is 57.2 Å². The molecule has 39 heavy (non-hydrogen) atoms. The molecule has 2 amide bonds. The number of primary amides is 1. The van der Waals surface area contributed by atoms with Crippen LogP contribution in [0, 0.1) is 5.92 Å². The Morgan fingerprint density at radius 3 is 2.54 bits per heavy atom. The molecule has 0 radical (unpaired) electrons. The van der Waals surface area contributed by atoms with Crippen LogP contribution < -0.4 is 10.5 Å². The van der Waals surface area contributed by atoms with Crippen LogP contribution in [0.2, 0.25) is 0 Å². The number of ketones is 1. The average molecular weight is 546 g/mol. The minimum absolute atomic E-state index is 0.249. The summed E-state index contributed by atoms with van der Waals surface area (Å²) in [7, 11) is 0. The highest BCUT2D eigenvalue weighted by atomic mass is 32.1. The molecule has 1 aliphatic carbocycles. The van der Waals surface area contributed by atoms with E-state index in [1.54, 1.807) is 34.8 Å². The van der Waals surface area contributed by atoms with E-state index in [0.717, 1.165) is 38.5 Å². The number of urea groups is 1. The lowest BCUT2D eigenvalue weighted by molar-refractivity contribution is -0.118. The van der Waals surface area contributed by atoms with Crippen molar-refractivity contribution in [2.45, 2.75) is 59.4 Å². The lowest BCUT2D eigenvalue weighted by Crippen LogP contribution is -2.35. The van der Waals surface area contributed by atoms with E-state index in [2.05, 4.69) is 15.0 Å². The van der Waals surface area contributed by atoms with E-state index in [1.165, 1.54) is 12.8 Å². The topological polar surface area (TPSA) is 111 Å². The number of thiophene rings is 1. The molecular formula is C30H35N5O3S. The molecule has 5 rings (SSSR count). The number of nitrogens with zero attached hydrogens (tertiary/aromatic N) is 4. The number of rotatable bonds is 11. The zero-order valence-electron chi connectivity index (χ0n) is 22.7. The Bertz CT molecular complexity index is 1400. The molecule has 1 fully saturated rings. The van der Waals surface area contributed by atoms with Gasteiger partial charge in [-0.2, -0.15) is 0 Å². The lowest BCUT2D eigenvalue weighted by atomic mass is 10.1. The van der Waals surface area contributed by atoms with Gasteiger partial charge in [0, 0.05) is 50.1 Å². The molecule has 1 aliphatic rings. The second-order valence-corrected chi connectivity index (χ2v) is 10.4. The maximum absolute atomic E-state index is 12.1. The first kappa shape index (κ1) is 28.2. The molecule has 4 heterocycles. The van der Waals surface area contributed by atoms with Crippen LogP contribution in [-0.2, 0) is 17.8 Å². The van der Waals surface area contributed by atoms with Crippen molar-refractivity contribution >= 4 is 33.4 Å². The number of carbonyl (C=O) groups is 2. The van der Waals surface area contributed by atoms with Gasteiger partial charge in [0.15, 0.2) is 0 Å². The van der Waals surface area contributed by atoms with E-state index in [4.69, 9.17) is 10.5 Å². The molecule has 4 aromatic rings. The number of ether oxygens (including phenoxy) is 1. The summed E-state index contributed by atoms with van der Waals surface area (Å²) in [5.74, 6) is 2.13. The molecule has 0 unspecified atom stereocenters. The number of hydrogen-bond acceptors (Lipinski definition) is 7. The minimum Gasteiger partial charge on any atom is -0.454 e. The van der Waals surface area contributed by atoms with Crippen LogP contribution in [0.4, 0.5) is 4.79 Å². The van der Waals surface area contributed by atoms with Crippen molar-refractivity contribution in [2.24, 2.45) is 11.7 Å². The quantitative estimate of drug-likeness (QED) is 0.222. The number of fused-ring (bicyclic) bond motifs is 1. The Balaban J connectivity index is 0.00000172. The standard InChI is InChI=1S/C28H29N5O3S.C2H6/c1-2-11-33(28(29)35)17-19-5-8-23(32-15-19)26-14-24-27(37-26)25(9-10-30-24)36-22-7-6-20(31-16-22)13-21(34)12-18-3-4-18;1-2/h5-10,14-16,18H,2-4,11-13,17H2,1H3,(H2,29,35);1-2H3. The van der Waals surface area contributed by atoms with Crippen molar-refractivity contribution in [3.05, 3.63) is 66.2 Å². The summed E-state index contributed by atoms with van der Waals surface area (Å²) in [6, 6.07) is 11.0. The van der Waals surface area contributed by atoms with Crippen molar-refractivity contribution in [3.8, 4) is 22.1 Å². The van der Waals surface area contributed by atoms with E-state index in [9.17, 15) is 9.59 Å². The highest BCUT2D eigenvalue weighted by Gasteiger charge is 2.24. The number of aromatic nitrogens is 3. The number of hydrogen-bond donors (Lipinski definition) is 1. The first-order chi connectivity index (χ1) is 19.0. The molecular weight excluding hydrogens is 510 g/mol. The van der Waals surface area contributed by atoms with E-state index >= 15 is 0 Å². The van der Waals surface area contributed by atoms with Crippen LogP contribution in [0.15, 0.2) is 55.0 Å². The van der Waals surface area contributed by atoms with Crippen LogP contribution in [0.5, 0.6) is 11.5 Å². The molecule has 0 aromatic carbocycles. The van der Waals surface area contributed by atoms with Crippen molar-refractivity contribution in [1.29, 1.82) is 0 Å². The van der Waals surface area contributed by atoms with Gasteiger partial charge in [-0.15, -0.1) is 11.3 Å². The number of pyridine rings is 3. The Morgan fingerprint density at radius 1 is 1.08 bits per heavy atom. The summed E-state index contributed by atoms with van der Waals surface area (Å²) >= 11 is 1.55. The Labute approximate surface area is 233 Å². The van der Waals surface area contributed by atoms with Gasteiger partial charge in [0.2, 0.25) is 0 Å². The van der Waals surface area contributed by atoms with Gasteiger partial charge >= 0.3 is 6.03 Å². The van der Waals surface area contributed by atoms with Crippen LogP contribution in [0.1, 0.15) is 57.7 Å². The fraction of sp³-hybridized carbons (Fsp3) is 0.367. The lowest BCUT2D eigenvalue weighted by Gasteiger charge is -2.19. The molecule has 0 bridgehead atoms. The molecule has 0 aliphatic heterocycles. The minimum atomic E-state index is -0.430. The molecule has 0 atom stereocenters. The van der Waals surface area contributed by atoms with Crippen molar-refractivity contribution in [2.75, 3.05) is 6.54 Å². The largest absolute Gasteiger partial charge is 0.454 e. The van der Waals surface area contributed by atoms with Gasteiger partial charge in [0.25, 0.3) is 0 Å². The SMILES string of the molecule is CC.CCCN(Cc1ccc(-c2cc3nccc(Oc4ccc(CC(=O)CC5CC5)nc4)c3s2)nc1)C(N)=O. The zero-order chi connectivity index (χ0) is 27.8. The fourth-order valence-electron chi connectivity index (χ4n) is 4.16. The van der Waals surface area contributed by atoms with Gasteiger partial charge in [-0.25, -0.2) is 4.79 Å². The van der Waals surface area contributed by atoms with Crippen LogP contribution >= 0.6 is 11.3 Å². The first-order valence-electron chi connectivity index (χ1n) is 13.5. The number of amides is 2. The molecule has 0 spiro atoms. The van der Waals surface area contributed by atoms with Gasteiger partial charge < -0.3 is 15.4 Å². The third kappa shape index (κ3) is 7.60. The van der Waals surface area contributed by atoms with Gasteiger partial charge in [-0.3, -0.25) is 19.7 Å². The second-order valence-electron chi connectivity index (χ2n) is 9.40. The molecule has 1 saturated carbocycles. The Hall–Kier alpha value is -3.85. The van der Waals surface area contributed by atoms with Crippen LogP contribution in [0.3, 0.4) is 0 Å². The maximum atomic E-state index is 12.1.